The lowest BCUT2D eigenvalue weighted by molar-refractivity contribution is 0.174. The van der Waals surface area contributed by atoms with Crippen molar-refractivity contribution in [3.8, 4) is 28.5 Å². The van der Waals surface area contributed by atoms with E-state index in [1.807, 2.05) is 36.4 Å². The summed E-state index contributed by atoms with van der Waals surface area (Å²) in [6.45, 7) is 1.75. The minimum absolute atomic E-state index is 0.265. The van der Waals surface area contributed by atoms with Crippen molar-refractivity contribution < 1.29 is 18.7 Å². The summed E-state index contributed by atoms with van der Waals surface area (Å²) in [5, 5.41) is 7.52. The van der Waals surface area contributed by atoms with Crippen LogP contribution < -0.4 is 19.5 Å². The third-order valence-corrected chi connectivity index (χ3v) is 4.28. The van der Waals surface area contributed by atoms with Crippen molar-refractivity contribution in [3.05, 3.63) is 59.9 Å². The number of benzene rings is 2. The molecule has 0 unspecified atom stereocenters. The molecule has 1 aliphatic rings. The average Bonchev–Trinajstić information content (AvgIpc) is 3.34. The number of hydrogen-bond acceptors (Lipinski definition) is 6. The molecule has 26 heavy (non-hydrogen) atoms. The summed E-state index contributed by atoms with van der Waals surface area (Å²) in [5.74, 6) is 3.18. The van der Waals surface area contributed by atoms with Crippen molar-refractivity contribution in [1.82, 2.24) is 10.5 Å². The van der Waals surface area contributed by atoms with Crippen LogP contribution in [0.2, 0.25) is 0 Å². The van der Waals surface area contributed by atoms with E-state index in [1.54, 1.807) is 7.11 Å². The van der Waals surface area contributed by atoms with Crippen molar-refractivity contribution in [3.63, 3.8) is 0 Å². The highest BCUT2D eigenvalue weighted by Crippen LogP contribution is 2.35. The molecule has 6 heteroatoms. The summed E-state index contributed by atoms with van der Waals surface area (Å²) >= 11 is 0. The fourth-order valence-corrected chi connectivity index (χ4v) is 2.82. The molecular formula is C20H20N2O4. The quantitative estimate of drug-likeness (QED) is 0.658. The molecule has 0 aliphatic carbocycles. The second kappa shape index (κ2) is 7.49. The zero-order valence-corrected chi connectivity index (χ0v) is 14.5. The van der Waals surface area contributed by atoms with Gasteiger partial charge in [0.15, 0.2) is 17.3 Å². The van der Waals surface area contributed by atoms with Gasteiger partial charge in [-0.1, -0.05) is 17.3 Å². The highest BCUT2D eigenvalue weighted by molar-refractivity contribution is 5.64. The van der Waals surface area contributed by atoms with Gasteiger partial charge in [0.05, 0.1) is 13.7 Å². The molecule has 0 atom stereocenters. The Bertz CT molecular complexity index is 874. The maximum Gasteiger partial charge on any atom is 0.231 e. The van der Waals surface area contributed by atoms with Gasteiger partial charge in [-0.3, -0.25) is 0 Å². The molecule has 0 radical (unpaired) electrons. The van der Waals surface area contributed by atoms with E-state index in [1.165, 1.54) is 5.56 Å². The van der Waals surface area contributed by atoms with Crippen molar-refractivity contribution in [1.29, 1.82) is 0 Å². The molecule has 0 fully saturated rings. The van der Waals surface area contributed by atoms with Gasteiger partial charge in [0.25, 0.3) is 0 Å². The van der Waals surface area contributed by atoms with Crippen LogP contribution in [0.25, 0.3) is 11.3 Å². The van der Waals surface area contributed by atoms with Gasteiger partial charge in [-0.2, -0.15) is 0 Å². The minimum Gasteiger partial charge on any atom is -0.497 e. The number of nitrogens with zero attached hydrogens (tertiary/aromatic N) is 1. The molecule has 0 saturated carbocycles. The van der Waals surface area contributed by atoms with Gasteiger partial charge >= 0.3 is 0 Å². The Morgan fingerprint density at radius 3 is 2.73 bits per heavy atom. The van der Waals surface area contributed by atoms with Gasteiger partial charge in [0.1, 0.15) is 11.4 Å². The van der Waals surface area contributed by atoms with Crippen molar-refractivity contribution in [2.24, 2.45) is 0 Å². The van der Waals surface area contributed by atoms with Gasteiger partial charge in [0, 0.05) is 11.6 Å². The highest BCUT2D eigenvalue weighted by Gasteiger charge is 2.15. The number of aromatic nitrogens is 1. The third-order valence-electron chi connectivity index (χ3n) is 4.28. The average molecular weight is 352 g/mol. The Kier molecular flexibility index (Phi) is 4.75. The van der Waals surface area contributed by atoms with Crippen LogP contribution in [0.5, 0.6) is 17.2 Å². The van der Waals surface area contributed by atoms with E-state index in [0.717, 1.165) is 47.2 Å². The van der Waals surface area contributed by atoms with Crippen LogP contribution >= 0.6 is 0 Å². The molecule has 0 spiro atoms. The lowest BCUT2D eigenvalue weighted by atomic mass is 10.1. The van der Waals surface area contributed by atoms with E-state index < -0.39 is 0 Å². The normalized spacial score (nSPS) is 12.3. The lowest BCUT2D eigenvalue weighted by Crippen LogP contribution is -2.16. The summed E-state index contributed by atoms with van der Waals surface area (Å²) in [5.41, 5.74) is 3.00. The predicted octanol–water partition coefficient (Wildman–Crippen LogP) is 3.41. The van der Waals surface area contributed by atoms with Gasteiger partial charge in [-0.15, -0.1) is 0 Å². The fraction of sp³-hybridized carbons (Fsp3) is 0.250. The van der Waals surface area contributed by atoms with E-state index in [9.17, 15) is 0 Å². The second-order valence-corrected chi connectivity index (χ2v) is 6.02. The monoisotopic (exact) mass is 352 g/mol. The first-order chi connectivity index (χ1) is 12.8. The number of hydrogen-bond donors (Lipinski definition) is 1. The SMILES string of the molecule is COc1ccc(CCNCc2cc(-c3ccc4c(c3)OCO4)no2)cc1. The molecule has 2 aromatic carbocycles. The van der Waals surface area contributed by atoms with Crippen molar-refractivity contribution in [2.75, 3.05) is 20.4 Å². The van der Waals surface area contributed by atoms with E-state index in [-0.39, 0.29) is 6.79 Å². The Labute approximate surface area is 151 Å². The van der Waals surface area contributed by atoms with E-state index in [4.69, 9.17) is 18.7 Å². The standard InChI is InChI=1S/C20H20N2O4/c1-23-16-5-2-14(3-6-16)8-9-21-12-17-11-18(22-26-17)15-4-7-19-20(10-15)25-13-24-19/h2-7,10-11,21H,8-9,12-13H2,1H3. The summed E-state index contributed by atoms with van der Waals surface area (Å²) in [4.78, 5) is 0. The number of rotatable bonds is 7. The molecule has 1 aromatic heterocycles. The number of nitrogens with one attached hydrogen (secondary N) is 1. The Balaban J connectivity index is 1.29. The van der Waals surface area contributed by atoms with Crippen LogP contribution in [-0.2, 0) is 13.0 Å². The number of methoxy groups -OCH3 is 1. The highest BCUT2D eigenvalue weighted by atomic mass is 16.7. The molecule has 0 amide bonds. The van der Waals surface area contributed by atoms with Gasteiger partial charge in [-0.25, -0.2) is 0 Å². The topological polar surface area (TPSA) is 65.8 Å². The van der Waals surface area contributed by atoms with Gasteiger partial charge < -0.3 is 24.1 Å². The van der Waals surface area contributed by atoms with Crippen LogP contribution in [0.3, 0.4) is 0 Å². The number of fused-ring (bicyclic) bond motifs is 1. The molecule has 0 saturated heterocycles. The summed E-state index contributed by atoms with van der Waals surface area (Å²) in [6.07, 6.45) is 0.938. The van der Waals surface area contributed by atoms with Crippen molar-refractivity contribution >= 4 is 0 Å². The minimum atomic E-state index is 0.265. The van der Waals surface area contributed by atoms with E-state index in [0.29, 0.717) is 6.54 Å². The fourth-order valence-electron chi connectivity index (χ4n) is 2.82. The van der Waals surface area contributed by atoms with Crippen LogP contribution in [0.1, 0.15) is 11.3 Å². The maximum absolute atomic E-state index is 5.42. The van der Waals surface area contributed by atoms with Crippen LogP contribution in [0, 0.1) is 0 Å². The third kappa shape index (κ3) is 3.65. The predicted molar refractivity (Wildman–Crippen MR) is 96.5 cm³/mol. The zero-order valence-electron chi connectivity index (χ0n) is 14.5. The molecule has 4 rings (SSSR count). The Morgan fingerprint density at radius 1 is 1.04 bits per heavy atom. The number of ether oxygens (including phenoxy) is 3. The van der Waals surface area contributed by atoms with E-state index >= 15 is 0 Å². The van der Waals surface area contributed by atoms with Crippen LogP contribution in [-0.4, -0.2) is 25.6 Å². The van der Waals surface area contributed by atoms with Gasteiger partial charge in [-0.05, 0) is 48.9 Å². The maximum atomic E-state index is 5.42. The Hall–Kier alpha value is -2.99. The molecule has 1 N–H and O–H groups in total. The molecule has 0 bridgehead atoms. The molecule has 1 aliphatic heterocycles. The van der Waals surface area contributed by atoms with Crippen LogP contribution in [0.4, 0.5) is 0 Å². The van der Waals surface area contributed by atoms with E-state index in [2.05, 4.69) is 22.6 Å². The van der Waals surface area contributed by atoms with Gasteiger partial charge in [0.2, 0.25) is 6.79 Å². The first-order valence-corrected chi connectivity index (χ1v) is 8.51. The Morgan fingerprint density at radius 2 is 1.88 bits per heavy atom. The lowest BCUT2D eigenvalue weighted by Gasteiger charge is -2.04. The van der Waals surface area contributed by atoms with Crippen LogP contribution in [0.15, 0.2) is 53.1 Å². The summed E-state index contributed by atoms with van der Waals surface area (Å²) in [7, 11) is 1.67. The first-order valence-electron chi connectivity index (χ1n) is 8.51. The van der Waals surface area contributed by atoms with Crippen molar-refractivity contribution in [2.45, 2.75) is 13.0 Å². The second-order valence-electron chi connectivity index (χ2n) is 6.02. The molecule has 6 nitrogen and oxygen atoms in total. The largest absolute Gasteiger partial charge is 0.497 e. The molecular weight excluding hydrogens is 332 g/mol. The molecule has 2 heterocycles. The first kappa shape index (κ1) is 16.5. The smallest absolute Gasteiger partial charge is 0.231 e. The zero-order chi connectivity index (χ0) is 17.8. The summed E-state index contributed by atoms with van der Waals surface area (Å²) < 4.78 is 21.3. The molecule has 134 valence electrons. The summed E-state index contributed by atoms with van der Waals surface area (Å²) in [6, 6.07) is 15.8. The molecule has 3 aromatic rings.